The van der Waals surface area contributed by atoms with Crippen LogP contribution in [-0.2, 0) is 10.0 Å². The van der Waals surface area contributed by atoms with Crippen LogP contribution in [0.1, 0.15) is 16.7 Å². The van der Waals surface area contributed by atoms with Crippen molar-refractivity contribution in [1.29, 1.82) is 0 Å². The van der Waals surface area contributed by atoms with Crippen LogP contribution in [-0.4, -0.2) is 14.6 Å². The molecular weight excluding hydrogens is 308 g/mol. The molecule has 0 aliphatic rings. The first kappa shape index (κ1) is 15.5. The van der Waals surface area contributed by atoms with E-state index in [9.17, 15) is 8.42 Å². The molecule has 0 fully saturated rings. The van der Waals surface area contributed by atoms with Crippen LogP contribution in [0, 0.1) is 13.8 Å². The van der Waals surface area contributed by atoms with Gasteiger partial charge in [-0.2, -0.15) is 13.5 Å². The van der Waals surface area contributed by atoms with E-state index in [0.29, 0.717) is 10.6 Å². The van der Waals surface area contributed by atoms with Crippen LogP contribution in [0.2, 0.25) is 5.02 Å². The number of hydrogen-bond acceptors (Lipinski definition) is 3. The normalized spacial score (nSPS) is 11.8. The van der Waals surface area contributed by atoms with Gasteiger partial charge in [0, 0.05) is 5.02 Å². The molecule has 2 aromatic carbocycles. The molecule has 2 aromatic rings. The number of sulfonamides is 1. The Morgan fingerprint density at radius 2 is 1.86 bits per heavy atom. The Bertz CT molecular complexity index is 786. The van der Waals surface area contributed by atoms with Gasteiger partial charge < -0.3 is 0 Å². The summed E-state index contributed by atoms with van der Waals surface area (Å²) in [5, 5.41) is 4.33. The topological polar surface area (TPSA) is 58.5 Å². The number of halogens is 1. The second kappa shape index (κ2) is 6.28. The summed E-state index contributed by atoms with van der Waals surface area (Å²) in [6.07, 6.45) is 1.41. The maximum absolute atomic E-state index is 12.1. The van der Waals surface area contributed by atoms with E-state index in [1.165, 1.54) is 6.21 Å². The number of hydrogen-bond donors (Lipinski definition) is 1. The average Bonchev–Trinajstić information content (AvgIpc) is 2.41. The monoisotopic (exact) mass is 322 g/mol. The molecule has 0 saturated carbocycles. The highest BCUT2D eigenvalue weighted by atomic mass is 35.5. The smallest absolute Gasteiger partial charge is 0.200 e. The summed E-state index contributed by atoms with van der Waals surface area (Å²) in [7, 11) is -3.66. The zero-order chi connectivity index (χ0) is 15.5. The number of rotatable bonds is 4. The fraction of sp³-hybridized carbons (Fsp3) is 0.133. The quantitative estimate of drug-likeness (QED) is 0.693. The third kappa shape index (κ3) is 4.06. The molecule has 4 nitrogen and oxygen atoms in total. The highest BCUT2D eigenvalue weighted by Gasteiger charge is 2.13. The van der Waals surface area contributed by atoms with Crippen molar-refractivity contribution in [2.24, 2.45) is 5.10 Å². The zero-order valence-electron chi connectivity index (χ0n) is 11.7. The van der Waals surface area contributed by atoms with Gasteiger partial charge in [-0.1, -0.05) is 29.8 Å². The molecular formula is C15H15ClN2O2S. The van der Waals surface area contributed by atoms with E-state index in [1.807, 2.05) is 13.8 Å². The summed E-state index contributed by atoms with van der Waals surface area (Å²) in [4.78, 5) is 2.38. The predicted molar refractivity (Wildman–Crippen MR) is 85.3 cm³/mol. The van der Waals surface area contributed by atoms with Gasteiger partial charge in [-0.3, -0.25) is 0 Å². The Balaban J connectivity index is 2.16. The molecule has 0 amide bonds. The minimum atomic E-state index is -3.66. The molecule has 0 spiro atoms. The van der Waals surface area contributed by atoms with E-state index in [0.717, 1.165) is 11.1 Å². The minimum Gasteiger partial charge on any atom is -0.200 e. The van der Waals surface area contributed by atoms with Crippen molar-refractivity contribution >= 4 is 27.8 Å². The summed E-state index contributed by atoms with van der Waals surface area (Å²) in [5.41, 5.74) is 2.67. The summed E-state index contributed by atoms with van der Waals surface area (Å²) >= 11 is 5.84. The van der Waals surface area contributed by atoms with E-state index >= 15 is 0 Å². The van der Waals surface area contributed by atoms with Crippen LogP contribution in [0.4, 0.5) is 0 Å². The highest BCUT2D eigenvalue weighted by molar-refractivity contribution is 7.89. The Morgan fingerprint density at radius 1 is 1.10 bits per heavy atom. The molecule has 0 saturated heterocycles. The van der Waals surface area contributed by atoms with E-state index in [2.05, 4.69) is 9.93 Å². The van der Waals surface area contributed by atoms with Gasteiger partial charge in [-0.15, -0.1) is 0 Å². The Labute approximate surface area is 129 Å². The molecule has 110 valence electrons. The second-order valence-electron chi connectivity index (χ2n) is 4.65. The van der Waals surface area contributed by atoms with Crippen LogP contribution in [0.15, 0.2) is 52.5 Å². The van der Waals surface area contributed by atoms with Gasteiger partial charge >= 0.3 is 0 Å². The van der Waals surface area contributed by atoms with Crippen molar-refractivity contribution in [3.63, 3.8) is 0 Å². The number of aryl methyl sites for hydroxylation is 2. The number of benzene rings is 2. The molecule has 0 aliphatic heterocycles. The molecule has 1 N–H and O–H groups in total. The predicted octanol–water partition coefficient (Wildman–Crippen LogP) is 3.27. The van der Waals surface area contributed by atoms with Crippen molar-refractivity contribution in [1.82, 2.24) is 4.83 Å². The standard InChI is InChI=1S/C15H15ClN2O2S/c1-11-6-7-15(8-12(11)2)21(19,20)18-17-10-13-4-3-5-14(16)9-13/h3-10,18H,1-2H3/b17-10+. The first-order valence-corrected chi connectivity index (χ1v) is 8.12. The van der Waals surface area contributed by atoms with Gasteiger partial charge in [0.1, 0.15) is 0 Å². The van der Waals surface area contributed by atoms with Crippen molar-refractivity contribution in [2.75, 3.05) is 0 Å². The SMILES string of the molecule is Cc1ccc(S(=O)(=O)N/N=C/c2cccc(Cl)c2)cc1C. The van der Waals surface area contributed by atoms with Crippen molar-refractivity contribution in [2.45, 2.75) is 18.7 Å². The van der Waals surface area contributed by atoms with Gasteiger partial charge in [0.05, 0.1) is 11.1 Å². The third-order valence-electron chi connectivity index (χ3n) is 3.02. The fourth-order valence-corrected chi connectivity index (χ4v) is 2.77. The lowest BCUT2D eigenvalue weighted by atomic mass is 10.1. The van der Waals surface area contributed by atoms with E-state index in [4.69, 9.17) is 11.6 Å². The first-order valence-electron chi connectivity index (χ1n) is 6.26. The average molecular weight is 323 g/mol. The van der Waals surface area contributed by atoms with Crippen LogP contribution in [0.25, 0.3) is 0 Å². The molecule has 0 bridgehead atoms. The van der Waals surface area contributed by atoms with Gasteiger partial charge in [-0.25, -0.2) is 4.83 Å². The second-order valence-corrected chi connectivity index (χ2v) is 6.75. The van der Waals surface area contributed by atoms with Crippen LogP contribution < -0.4 is 4.83 Å². The van der Waals surface area contributed by atoms with Crippen molar-refractivity contribution < 1.29 is 8.42 Å². The lowest BCUT2D eigenvalue weighted by Crippen LogP contribution is -2.18. The Morgan fingerprint density at radius 3 is 2.52 bits per heavy atom. The van der Waals surface area contributed by atoms with Crippen LogP contribution >= 0.6 is 11.6 Å². The molecule has 0 radical (unpaired) electrons. The molecule has 0 aliphatic carbocycles. The molecule has 21 heavy (non-hydrogen) atoms. The first-order chi connectivity index (χ1) is 9.88. The lowest BCUT2D eigenvalue weighted by molar-refractivity contribution is 0.584. The van der Waals surface area contributed by atoms with Gasteiger partial charge in [0.2, 0.25) is 0 Å². The van der Waals surface area contributed by atoms with E-state index in [1.54, 1.807) is 42.5 Å². The molecule has 6 heteroatoms. The van der Waals surface area contributed by atoms with Gasteiger partial charge in [0.15, 0.2) is 0 Å². The van der Waals surface area contributed by atoms with Gasteiger partial charge in [0.25, 0.3) is 10.0 Å². The summed E-state index contributed by atoms with van der Waals surface area (Å²) < 4.78 is 24.2. The molecule has 0 unspecified atom stereocenters. The minimum absolute atomic E-state index is 0.189. The van der Waals surface area contributed by atoms with Crippen LogP contribution in [0.3, 0.4) is 0 Å². The summed E-state index contributed by atoms with van der Waals surface area (Å²) in [5.74, 6) is 0. The third-order valence-corrected chi connectivity index (χ3v) is 4.48. The number of nitrogens with one attached hydrogen (secondary N) is 1. The molecule has 0 aromatic heterocycles. The van der Waals surface area contributed by atoms with Crippen LogP contribution in [0.5, 0.6) is 0 Å². The van der Waals surface area contributed by atoms with E-state index < -0.39 is 10.0 Å². The van der Waals surface area contributed by atoms with Gasteiger partial charge in [-0.05, 0) is 54.8 Å². The summed E-state index contributed by atoms with van der Waals surface area (Å²) in [6, 6.07) is 11.9. The Hall–Kier alpha value is -1.85. The number of nitrogens with zero attached hydrogens (tertiary/aromatic N) is 1. The molecule has 0 heterocycles. The van der Waals surface area contributed by atoms with Crippen molar-refractivity contribution in [3.05, 3.63) is 64.2 Å². The summed E-state index contributed by atoms with van der Waals surface area (Å²) in [6.45, 7) is 3.79. The fourth-order valence-electron chi connectivity index (χ4n) is 1.69. The maximum Gasteiger partial charge on any atom is 0.276 e. The Kier molecular flexibility index (Phi) is 4.65. The number of hydrazone groups is 1. The lowest BCUT2D eigenvalue weighted by Gasteiger charge is -2.06. The maximum atomic E-state index is 12.1. The largest absolute Gasteiger partial charge is 0.276 e. The zero-order valence-corrected chi connectivity index (χ0v) is 13.2. The highest BCUT2D eigenvalue weighted by Crippen LogP contribution is 2.14. The molecule has 2 rings (SSSR count). The van der Waals surface area contributed by atoms with Crippen molar-refractivity contribution in [3.8, 4) is 0 Å². The molecule has 0 atom stereocenters. The van der Waals surface area contributed by atoms with E-state index in [-0.39, 0.29) is 4.90 Å².